The van der Waals surface area contributed by atoms with Crippen molar-refractivity contribution in [3.8, 4) is 0 Å². The van der Waals surface area contributed by atoms with Gasteiger partial charge in [-0.05, 0) is 12.8 Å². The molecule has 0 amide bonds. The minimum atomic E-state index is -4.38. The van der Waals surface area contributed by atoms with Gasteiger partial charge >= 0.3 is 0 Å². The summed E-state index contributed by atoms with van der Waals surface area (Å²) in [5.74, 6) is 0. The molecule has 0 N–H and O–H groups in total. The smallest absolute Gasteiger partial charge is 0.268 e. The Bertz CT molecular complexity index is 689. The van der Waals surface area contributed by atoms with Crippen molar-refractivity contribution in [3.05, 3.63) is 0 Å². The molecule has 0 radical (unpaired) electrons. The molecule has 0 heterocycles. The molecule has 0 aliphatic heterocycles. The van der Waals surface area contributed by atoms with Gasteiger partial charge in [-0.2, -0.15) is 0 Å². The van der Waals surface area contributed by atoms with E-state index in [4.69, 9.17) is 18.5 Å². The summed E-state index contributed by atoms with van der Waals surface area (Å²) in [6.07, 6.45) is 36.6. The first-order chi connectivity index (χ1) is 23.2. The van der Waals surface area contributed by atoms with Gasteiger partial charge in [-0.25, -0.2) is 0 Å². The lowest BCUT2D eigenvalue weighted by Crippen LogP contribution is -2.37. The maximum atomic E-state index is 12.3. The molecule has 8 heteroatoms. The highest BCUT2D eigenvalue weighted by Gasteiger charge is 2.18. The van der Waals surface area contributed by atoms with E-state index in [1.165, 1.54) is 161 Å². The van der Waals surface area contributed by atoms with Crippen LogP contribution in [0.15, 0.2) is 0 Å². The van der Waals surface area contributed by atoms with Crippen LogP contribution >= 0.6 is 7.82 Å². The standard InChI is InChI=1S/C40H84NO6P/c1-6-8-10-12-14-16-18-20-22-24-26-28-30-32-35-44-38-40(39-47-48(42,43)46-37-34-41(3,4)5)45-36-33-31-29-27-25-23-21-19-17-15-13-11-9-7-2/h40H,6-39H2,1-5H3/t40-/m0/s1. The van der Waals surface area contributed by atoms with Gasteiger partial charge in [0.2, 0.25) is 0 Å². The monoisotopic (exact) mass is 706 g/mol. The van der Waals surface area contributed by atoms with Crippen LogP contribution in [0.3, 0.4) is 0 Å². The second-order valence-electron chi connectivity index (χ2n) is 15.4. The Hall–Kier alpha value is -0.0100. The van der Waals surface area contributed by atoms with E-state index in [2.05, 4.69) is 13.8 Å². The summed E-state index contributed by atoms with van der Waals surface area (Å²) in [5, 5.41) is 0. The van der Waals surface area contributed by atoms with E-state index < -0.39 is 13.9 Å². The van der Waals surface area contributed by atoms with E-state index in [0.717, 1.165) is 19.3 Å². The lowest BCUT2D eigenvalue weighted by atomic mass is 10.0. The predicted octanol–water partition coefficient (Wildman–Crippen LogP) is 11.6. The summed E-state index contributed by atoms with van der Waals surface area (Å²) in [6, 6.07) is 0. The maximum absolute atomic E-state index is 12.3. The van der Waals surface area contributed by atoms with Crippen LogP contribution in [0.1, 0.15) is 194 Å². The molecule has 0 saturated heterocycles. The molecule has 290 valence electrons. The fourth-order valence-electron chi connectivity index (χ4n) is 5.94. The summed E-state index contributed by atoms with van der Waals surface area (Å²) < 4.78 is 35.3. The third-order valence-corrected chi connectivity index (χ3v) is 10.2. The number of phosphoric ester groups is 1. The minimum absolute atomic E-state index is 0.0670. The lowest BCUT2D eigenvalue weighted by molar-refractivity contribution is -0.870. The van der Waals surface area contributed by atoms with Gasteiger partial charge in [0, 0.05) is 13.2 Å². The summed E-state index contributed by atoms with van der Waals surface area (Å²) >= 11 is 0. The second-order valence-corrected chi connectivity index (χ2v) is 16.8. The molecule has 0 fully saturated rings. The molecule has 48 heavy (non-hydrogen) atoms. The zero-order chi connectivity index (χ0) is 35.4. The molecule has 2 atom stereocenters. The number of nitrogens with zero attached hydrogens (tertiary/aromatic N) is 1. The van der Waals surface area contributed by atoms with E-state index in [0.29, 0.717) is 30.8 Å². The number of hydrogen-bond donors (Lipinski definition) is 0. The van der Waals surface area contributed by atoms with Crippen LogP contribution in [-0.4, -0.2) is 71.3 Å². The molecule has 1 unspecified atom stereocenters. The molecule has 0 aliphatic rings. The number of ether oxygens (including phenoxy) is 2. The topological polar surface area (TPSA) is 77.1 Å². The van der Waals surface area contributed by atoms with Crippen molar-refractivity contribution in [2.24, 2.45) is 0 Å². The number of unbranched alkanes of at least 4 members (excludes halogenated alkanes) is 26. The molecule has 0 saturated carbocycles. The Labute approximate surface area is 300 Å². The van der Waals surface area contributed by atoms with E-state index in [-0.39, 0.29) is 13.2 Å². The average Bonchev–Trinajstić information content (AvgIpc) is 3.04. The first-order valence-corrected chi connectivity index (χ1v) is 22.3. The molecule has 0 spiro atoms. The van der Waals surface area contributed by atoms with Crippen LogP contribution in [0, 0.1) is 0 Å². The quantitative estimate of drug-likeness (QED) is 0.0359. The molecule has 7 nitrogen and oxygen atoms in total. The fraction of sp³-hybridized carbons (Fsp3) is 1.00. The zero-order valence-corrected chi connectivity index (χ0v) is 33.9. The Morgan fingerprint density at radius 3 is 1.21 bits per heavy atom. The third-order valence-electron chi connectivity index (χ3n) is 9.23. The van der Waals surface area contributed by atoms with E-state index in [9.17, 15) is 9.46 Å². The van der Waals surface area contributed by atoms with Crippen LogP contribution in [-0.2, 0) is 23.1 Å². The number of phosphoric acid groups is 1. The molecule has 0 aromatic heterocycles. The highest BCUT2D eigenvalue weighted by atomic mass is 31.2. The number of rotatable bonds is 40. The van der Waals surface area contributed by atoms with Gasteiger partial charge in [-0.15, -0.1) is 0 Å². The minimum Gasteiger partial charge on any atom is -0.756 e. The van der Waals surface area contributed by atoms with Gasteiger partial charge in [0.25, 0.3) is 7.82 Å². The maximum Gasteiger partial charge on any atom is 0.268 e. The van der Waals surface area contributed by atoms with Crippen LogP contribution in [0.25, 0.3) is 0 Å². The first-order valence-electron chi connectivity index (χ1n) is 20.8. The summed E-state index contributed by atoms with van der Waals surface area (Å²) in [6.45, 7) is 6.78. The Balaban J connectivity index is 4.08. The highest BCUT2D eigenvalue weighted by Crippen LogP contribution is 2.38. The summed E-state index contributed by atoms with van der Waals surface area (Å²) in [4.78, 5) is 12.3. The molecule has 0 bridgehead atoms. The van der Waals surface area contributed by atoms with Gasteiger partial charge in [0.15, 0.2) is 0 Å². The van der Waals surface area contributed by atoms with Gasteiger partial charge in [0.05, 0.1) is 34.4 Å². The SMILES string of the molecule is CCCCCCCCCCCCCCCCOC[C@@H](COP(=O)([O-])OCC[N+](C)(C)C)OCCCCCCCCCCCCCCCC. The average molecular weight is 706 g/mol. The molecular formula is C40H84NO6P. The van der Waals surface area contributed by atoms with Crippen molar-refractivity contribution < 1.29 is 32.5 Å². The van der Waals surface area contributed by atoms with Crippen LogP contribution in [0.2, 0.25) is 0 Å². The Morgan fingerprint density at radius 1 is 0.479 bits per heavy atom. The normalized spacial score (nSPS) is 14.0. The van der Waals surface area contributed by atoms with Crippen molar-refractivity contribution in [2.45, 2.75) is 200 Å². The van der Waals surface area contributed by atoms with Gasteiger partial charge in [-0.1, -0.05) is 181 Å². The van der Waals surface area contributed by atoms with Crippen molar-refractivity contribution in [3.63, 3.8) is 0 Å². The molecule has 0 aromatic rings. The molecular weight excluding hydrogens is 621 g/mol. The highest BCUT2D eigenvalue weighted by molar-refractivity contribution is 7.45. The van der Waals surface area contributed by atoms with Crippen molar-refractivity contribution in [2.75, 3.05) is 60.7 Å². The lowest BCUT2D eigenvalue weighted by Gasteiger charge is -2.28. The van der Waals surface area contributed by atoms with Crippen LogP contribution in [0.4, 0.5) is 0 Å². The third kappa shape index (κ3) is 38.8. The van der Waals surface area contributed by atoms with Crippen molar-refractivity contribution in [1.29, 1.82) is 0 Å². The van der Waals surface area contributed by atoms with Gasteiger partial charge in [0.1, 0.15) is 19.3 Å². The summed E-state index contributed by atoms with van der Waals surface area (Å²) in [5.41, 5.74) is 0. The van der Waals surface area contributed by atoms with Crippen molar-refractivity contribution >= 4 is 7.82 Å². The number of likely N-dealkylation sites (N-methyl/N-ethyl adjacent to an activating group) is 1. The Morgan fingerprint density at radius 2 is 0.833 bits per heavy atom. The number of hydrogen-bond acceptors (Lipinski definition) is 6. The largest absolute Gasteiger partial charge is 0.756 e. The van der Waals surface area contributed by atoms with Gasteiger partial charge in [-0.3, -0.25) is 4.57 Å². The zero-order valence-electron chi connectivity index (χ0n) is 33.0. The van der Waals surface area contributed by atoms with E-state index >= 15 is 0 Å². The predicted molar refractivity (Wildman–Crippen MR) is 204 cm³/mol. The molecule has 0 aliphatic carbocycles. The van der Waals surface area contributed by atoms with E-state index in [1.54, 1.807) is 0 Å². The summed E-state index contributed by atoms with van der Waals surface area (Å²) in [7, 11) is 1.61. The fourth-order valence-corrected chi connectivity index (χ4v) is 6.67. The Kier molecular flexibility index (Phi) is 35.4. The van der Waals surface area contributed by atoms with E-state index in [1.807, 2.05) is 21.1 Å². The molecule has 0 aromatic carbocycles. The van der Waals surface area contributed by atoms with Crippen LogP contribution in [0.5, 0.6) is 0 Å². The molecule has 0 rings (SSSR count). The van der Waals surface area contributed by atoms with Crippen LogP contribution < -0.4 is 4.89 Å². The van der Waals surface area contributed by atoms with Gasteiger partial charge < -0.3 is 27.9 Å². The second kappa shape index (κ2) is 35.4. The first kappa shape index (κ1) is 48.0. The van der Waals surface area contributed by atoms with Crippen molar-refractivity contribution in [1.82, 2.24) is 0 Å². The number of quaternary nitrogens is 1.